The summed E-state index contributed by atoms with van der Waals surface area (Å²) in [5.41, 5.74) is 0. The Morgan fingerprint density at radius 2 is 1.65 bits per heavy atom. The lowest BCUT2D eigenvalue weighted by molar-refractivity contribution is -0.281. The zero-order valence-corrected chi connectivity index (χ0v) is 14.5. The van der Waals surface area contributed by atoms with E-state index >= 15 is 0 Å². The minimum absolute atomic E-state index is 0.0147. The third-order valence-electron chi connectivity index (χ3n) is 3.62. The van der Waals surface area contributed by atoms with Gasteiger partial charge in [0, 0.05) is 6.08 Å². The number of unbranched alkanes of at least 4 members (excludes halogenated alkanes) is 5. The Morgan fingerprint density at radius 1 is 0.957 bits per heavy atom. The quantitative estimate of drug-likeness (QED) is 0.136. The number of hydrogen-bond acceptors (Lipinski definition) is 3. The molecule has 3 heteroatoms. The highest BCUT2D eigenvalue weighted by molar-refractivity contribution is 5.45. The van der Waals surface area contributed by atoms with Gasteiger partial charge in [0.2, 0.25) is 0 Å². The average Bonchev–Trinajstić information content (AvgIpc) is 2.57. The Labute approximate surface area is 141 Å². The fourth-order valence-electron chi connectivity index (χ4n) is 2.26. The molecule has 0 aliphatic heterocycles. The monoisotopic (exact) mass is 320 g/mol. The van der Waals surface area contributed by atoms with E-state index in [1.54, 1.807) is 5.94 Å². The van der Waals surface area contributed by atoms with Gasteiger partial charge in [-0.05, 0) is 32.1 Å². The first kappa shape index (κ1) is 21.6. The smallest absolute Gasteiger partial charge is 0.120 e. The molecule has 0 heterocycles. The van der Waals surface area contributed by atoms with E-state index in [0.29, 0.717) is 6.42 Å². The maximum atomic E-state index is 9.94. The van der Waals surface area contributed by atoms with Gasteiger partial charge >= 0.3 is 0 Å². The molecule has 0 bridgehead atoms. The van der Waals surface area contributed by atoms with E-state index in [1.165, 1.54) is 25.3 Å². The molecule has 0 saturated heterocycles. The second-order valence-corrected chi connectivity index (χ2v) is 5.66. The van der Waals surface area contributed by atoms with Gasteiger partial charge in [-0.1, -0.05) is 75.5 Å². The fourth-order valence-corrected chi connectivity index (χ4v) is 2.26. The van der Waals surface area contributed by atoms with E-state index in [9.17, 15) is 4.79 Å². The molecular weight excluding hydrogens is 288 g/mol. The van der Waals surface area contributed by atoms with Gasteiger partial charge in [0.05, 0.1) is 6.10 Å². The van der Waals surface area contributed by atoms with Crippen LogP contribution in [0.25, 0.3) is 0 Å². The average molecular weight is 320 g/mol. The summed E-state index contributed by atoms with van der Waals surface area (Å²) in [6.45, 7) is 2.18. The van der Waals surface area contributed by atoms with Crippen molar-refractivity contribution >= 4 is 5.94 Å². The molecule has 1 atom stereocenters. The maximum absolute atomic E-state index is 9.94. The molecule has 130 valence electrons. The molecule has 0 aromatic rings. The summed E-state index contributed by atoms with van der Waals surface area (Å²) in [7, 11) is 0. The number of rotatable bonds is 15. The highest BCUT2D eigenvalue weighted by atomic mass is 17.1. The highest BCUT2D eigenvalue weighted by Crippen LogP contribution is 2.14. The summed E-state index contributed by atoms with van der Waals surface area (Å²) in [4.78, 5) is 14.5. The Morgan fingerprint density at radius 3 is 2.30 bits per heavy atom. The first-order valence-electron chi connectivity index (χ1n) is 8.83. The van der Waals surface area contributed by atoms with Crippen molar-refractivity contribution in [2.24, 2.45) is 0 Å². The SMILES string of the molecule is CCCCC[C@@H](CCCCC/C=C/C=C/C=C/CC=C=O)OO. The van der Waals surface area contributed by atoms with E-state index in [-0.39, 0.29) is 6.10 Å². The topological polar surface area (TPSA) is 46.5 Å². The van der Waals surface area contributed by atoms with Gasteiger partial charge in [-0.3, -0.25) is 5.26 Å². The molecule has 23 heavy (non-hydrogen) atoms. The minimum atomic E-state index is 0.0147. The van der Waals surface area contributed by atoms with Gasteiger partial charge in [-0.15, -0.1) is 0 Å². The molecule has 3 nitrogen and oxygen atoms in total. The number of carbonyl (C=O) groups excluding carboxylic acids is 1. The van der Waals surface area contributed by atoms with Crippen LogP contribution in [0.15, 0.2) is 42.5 Å². The molecule has 0 saturated carbocycles. The third kappa shape index (κ3) is 16.8. The second-order valence-electron chi connectivity index (χ2n) is 5.66. The van der Waals surface area contributed by atoms with Crippen LogP contribution in [0.3, 0.4) is 0 Å². The van der Waals surface area contributed by atoms with Gasteiger partial charge in [-0.25, -0.2) is 9.68 Å². The van der Waals surface area contributed by atoms with Crippen molar-refractivity contribution in [2.45, 2.75) is 77.2 Å². The van der Waals surface area contributed by atoms with Crippen LogP contribution in [0.2, 0.25) is 0 Å². The first-order chi connectivity index (χ1) is 11.3. The zero-order valence-electron chi connectivity index (χ0n) is 14.5. The molecule has 0 unspecified atom stereocenters. The predicted octanol–water partition coefficient (Wildman–Crippen LogP) is 5.82. The minimum Gasteiger partial charge on any atom is -0.252 e. The van der Waals surface area contributed by atoms with Crippen LogP contribution >= 0.6 is 0 Å². The Balaban J connectivity index is 3.53. The molecule has 0 radical (unpaired) electrons. The van der Waals surface area contributed by atoms with E-state index in [1.807, 2.05) is 30.4 Å². The largest absolute Gasteiger partial charge is 0.252 e. The molecule has 0 aliphatic carbocycles. The lowest BCUT2D eigenvalue weighted by atomic mass is 10.0. The van der Waals surface area contributed by atoms with E-state index < -0.39 is 0 Å². The lowest BCUT2D eigenvalue weighted by Crippen LogP contribution is -2.10. The summed E-state index contributed by atoms with van der Waals surface area (Å²) in [6.07, 6.45) is 24.1. The van der Waals surface area contributed by atoms with Crippen LogP contribution in [0.4, 0.5) is 0 Å². The highest BCUT2D eigenvalue weighted by Gasteiger charge is 2.07. The van der Waals surface area contributed by atoms with Crippen molar-refractivity contribution in [3.63, 3.8) is 0 Å². The molecule has 1 N–H and O–H groups in total. The van der Waals surface area contributed by atoms with Crippen LogP contribution in [-0.4, -0.2) is 17.3 Å². The molecule has 0 fully saturated rings. The molecule has 0 aromatic carbocycles. The van der Waals surface area contributed by atoms with E-state index in [4.69, 9.17) is 5.26 Å². The summed E-state index contributed by atoms with van der Waals surface area (Å²) < 4.78 is 0. The first-order valence-corrected chi connectivity index (χ1v) is 8.83. The normalized spacial score (nSPS) is 13.1. The number of hydrogen-bond donors (Lipinski definition) is 1. The summed E-state index contributed by atoms with van der Waals surface area (Å²) in [5, 5.41) is 8.87. The predicted molar refractivity (Wildman–Crippen MR) is 97.0 cm³/mol. The van der Waals surface area contributed by atoms with Crippen LogP contribution in [-0.2, 0) is 9.68 Å². The zero-order chi connectivity index (χ0) is 17.0. The van der Waals surface area contributed by atoms with Crippen molar-refractivity contribution in [2.75, 3.05) is 0 Å². The van der Waals surface area contributed by atoms with Gasteiger partial charge in [0.15, 0.2) is 0 Å². The maximum Gasteiger partial charge on any atom is 0.120 e. The Hall–Kier alpha value is -1.41. The second kappa shape index (κ2) is 18.6. The molecule has 0 amide bonds. The summed E-state index contributed by atoms with van der Waals surface area (Å²) >= 11 is 0. The van der Waals surface area contributed by atoms with Crippen LogP contribution in [0, 0.1) is 0 Å². The third-order valence-corrected chi connectivity index (χ3v) is 3.62. The summed E-state index contributed by atoms with van der Waals surface area (Å²) in [6, 6.07) is 0. The van der Waals surface area contributed by atoms with E-state index in [0.717, 1.165) is 38.5 Å². The Kier molecular flexibility index (Phi) is 17.5. The van der Waals surface area contributed by atoms with Gasteiger partial charge in [0.1, 0.15) is 5.94 Å². The molecule has 0 aliphatic rings. The van der Waals surface area contributed by atoms with Crippen molar-refractivity contribution < 1.29 is 14.9 Å². The molecule has 0 aromatic heterocycles. The van der Waals surface area contributed by atoms with Crippen LogP contribution in [0.1, 0.15) is 71.1 Å². The van der Waals surface area contributed by atoms with Crippen molar-refractivity contribution in [1.82, 2.24) is 0 Å². The fraction of sp³-hybridized carbons (Fsp3) is 0.600. The van der Waals surface area contributed by atoms with Crippen LogP contribution < -0.4 is 0 Å². The summed E-state index contributed by atoms with van der Waals surface area (Å²) in [5.74, 6) is 1.74. The number of allylic oxidation sites excluding steroid dienone is 7. The Bertz CT molecular complexity index is 376. The molecule has 0 rings (SSSR count). The van der Waals surface area contributed by atoms with Gasteiger partial charge in [-0.2, -0.15) is 0 Å². The van der Waals surface area contributed by atoms with E-state index in [2.05, 4.69) is 17.9 Å². The standard InChI is InChI=1S/C20H32O3/c1-2-3-14-17-20(23-22)18-15-12-10-8-6-4-5-7-9-11-13-16-19-21/h4-7,9,11,16,20,22H,2-3,8,10,12-15,17-18H2,1H3/b6-4+,7-5+,11-9+/t20-/m0/s1. The molecule has 0 spiro atoms. The van der Waals surface area contributed by atoms with Gasteiger partial charge < -0.3 is 0 Å². The van der Waals surface area contributed by atoms with Crippen molar-refractivity contribution in [3.05, 3.63) is 42.5 Å². The van der Waals surface area contributed by atoms with Crippen molar-refractivity contribution in [3.8, 4) is 0 Å². The lowest BCUT2D eigenvalue weighted by Gasteiger charge is -2.12. The van der Waals surface area contributed by atoms with Gasteiger partial charge in [0.25, 0.3) is 0 Å². The van der Waals surface area contributed by atoms with Crippen LogP contribution in [0.5, 0.6) is 0 Å². The molecular formula is C20H32O3. The van der Waals surface area contributed by atoms with Crippen molar-refractivity contribution in [1.29, 1.82) is 0 Å².